The van der Waals surface area contributed by atoms with Crippen LogP contribution >= 0.6 is 22.7 Å². The van der Waals surface area contributed by atoms with E-state index in [0.29, 0.717) is 22.2 Å². The summed E-state index contributed by atoms with van der Waals surface area (Å²) in [6, 6.07) is 10.5. The lowest BCUT2D eigenvalue weighted by molar-refractivity contribution is -0.145. The van der Waals surface area contributed by atoms with Crippen molar-refractivity contribution < 1.29 is 31.9 Å². The van der Waals surface area contributed by atoms with Crippen LogP contribution in [-0.2, 0) is 17.5 Å². The molecule has 13 heteroatoms. The topological polar surface area (TPSA) is 75.4 Å². The molecule has 0 spiro atoms. The Labute approximate surface area is 251 Å². The van der Waals surface area contributed by atoms with Gasteiger partial charge in [0.05, 0.1) is 34.3 Å². The fourth-order valence-corrected chi connectivity index (χ4v) is 8.04. The van der Waals surface area contributed by atoms with E-state index in [1.54, 1.807) is 5.38 Å². The quantitative estimate of drug-likeness (QED) is 0.245. The van der Waals surface area contributed by atoms with Crippen LogP contribution < -0.4 is 5.56 Å². The summed E-state index contributed by atoms with van der Waals surface area (Å²) in [7, 11) is 0. The third-order valence-corrected chi connectivity index (χ3v) is 10.6. The molecule has 228 valence electrons. The molecule has 6 nitrogen and oxygen atoms in total. The average molecular weight is 638 g/mol. The smallest absolute Gasteiger partial charge is 0.388 e. The molecule has 0 bridgehead atoms. The Hall–Kier alpha value is -3.16. The average Bonchev–Trinajstić information content (AvgIpc) is 3.63. The van der Waals surface area contributed by atoms with Gasteiger partial charge < -0.3 is 10.0 Å². The number of carbonyl (C=O) groups is 1. The van der Waals surface area contributed by atoms with Crippen LogP contribution in [0, 0.1) is 5.92 Å². The van der Waals surface area contributed by atoms with Gasteiger partial charge in [0.25, 0.3) is 5.56 Å². The summed E-state index contributed by atoms with van der Waals surface area (Å²) >= 11 is 1.86. The number of hydrogen-bond acceptors (Lipinski definition) is 6. The molecule has 1 aliphatic carbocycles. The number of rotatable bonds is 5. The van der Waals surface area contributed by atoms with E-state index in [-0.39, 0.29) is 50.0 Å². The zero-order valence-electron chi connectivity index (χ0n) is 22.8. The summed E-state index contributed by atoms with van der Waals surface area (Å²) in [5.74, 6) is -5.38. The van der Waals surface area contributed by atoms with Crippen LogP contribution in [0.2, 0.25) is 0 Å². The van der Waals surface area contributed by atoms with E-state index < -0.39 is 53.2 Å². The SMILES string of the molecule is O=C([C@@H]1CCC(F)(F)C[C@H]1c1csc(C(F)(F)F)c1)N1CCC(O)(Cn2cnc3c(-c4ccccc4)scc3c2=O)CC1. The number of nitrogens with zero attached hydrogens (tertiary/aromatic N) is 3. The van der Waals surface area contributed by atoms with Crippen molar-refractivity contribution in [2.45, 2.75) is 62.3 Å². The molecule has 1 aromatic carbocycles. The molecule has 1 saturated heterocycles. The molecule has 4 heterocycles. The van der Waals surface area contributed by atoms with Crippen LogP contribution in [0.4, 0.5) is 22.0 Å². The lowest BCUT2D eigenvalue weighted by atomic mass is 9.73. The summed E-state index contributed by atoms with van der Waals surface area (Å²) < 4.78 is 69.7. The van der Waals surface area contributed by atoms with Gasteiger partial charge in [-0.25, -0.2) is 13.8 Å². The molecular formula is C30H28F5N3O3S2. The number of hydrogen-bond donors (Lipinski definition) is 1. The molecule has 1 amide bonds. The van der Waals surface area contributed by atoms with Gasteiger partial charge in [-0.3, -0.25) is 14.2 Å². The lowest BCUT2D eigenvalue weighted by Crippen LogP contribution is -2.52. The van der Waals surface area contributed by atoms with Gasteiger partial charge in [0.2, 0.25) is 11.8 Å². The summed E-state index contributed by atoms with van der Waals surface area (Å²) in [6.07, 6.45) is -4.22. The summed E-state index contributed by atoms with van der Waals surface area (Å²) in [6.45, 7) is 0.238. The number of aliphatic hydroxyl groups is 1. The van der Waals surface area contributed by atoms with Gasteiger partial charge in [0.1, 0.15) is 4.88 Å². The number of thiophene rings is 2. The van der Waals surface area contributed by atoms with Crippen molar-refractivity contribution >= 4 is 39.5 Å². The van der Waals surface area contributed by atoms with E-state index in [4.69, 9.17) is 0 Å². The van der Waals surface area contributed by atoms with Crippen molar-refractivity contribution in [3.63, 3.8) is 0 Å². The number of fused-ring (bicyclic) bond motifs is 1. The monoisotopic (exact) mass is 637 g/mol. The first kappa shape index (κ1) is 29.9. The normalized spacial score (nSPS) is 22.1. The van der Waals surface area contributed by atoms with Gasteiger partial charge in [-0.05, 0) is 41.8 Å². The van der Waals surface area contributed by atoms with E-state index >= 15 is 0 Å². The van der Waals surface area contributed by atoms with E-state index in [0.717, 1.165) is 16.5 Å². The van der Waals surface area contributed by atoms with Crippen LogP contribution in [0.3, 0.4) is 0 Å². The molecule has 4 aromatic rings. The summed E-state index contributed by atoms with van der Waals surface area (Å²) in [4.78, 5) is 32.8. The van der Waals surface area contributed by atoms with Crippen LogP contribution in [0.5, 0.6) is 0 Å². The van der Waals surface area contributed by atoms with Gasteiger partial charge in [-0.1, -0.05) is 30.3 Å². The molecule has 43 heavy (non-hydrogen) atoms. The fourth-order valence-electron chi connectivity index (χ4n) is 6.20. The van der Waals surface area contributed by atoms with Crippen LogP contribution in [-0.4, -0.2) is 50.1 Å². The fraction of sp³-hybridized carbons (Fsp3) is 0.433. The largest absolute Gasteiger partial charge is 0.425 e. The molecule has 1 N–H and O–H groups in total. The Balaban J connectivity index is 1.15. The molecular weight excluding hydrogens is 609 g/mol. The lowest BCUT2D eigenvalue weighted by Gasteiger charge is -2.42. The minimum absolute atomic E-state index is 0.0271. The second-order valence-corrected chi connectivity index (χ2v) is 13.3. The minimum Gasteiger partial charge on any atom is -0.388 e. The molecule has 2 fully saturated rings. The summed E-state index contributed by atoms with van der Waals surface area (Å²) in [5, 5.41) is 14.8. The van der Waals surface area contributed by atoms with E-state index in [1.807, 2.05) is 30.3 Å². The number of alkyl halides is 5. The van der Waals surface area contributed by atoms with Gasteiger partial charge in [-0.15, -0.1) is 22.7 Å². The van der Waals surface area contributed by atoms with Crippen molar-refractivity contribution in [1.82, 2.24) is 14.5 Å². The van der Waals surface area contributed by atoms with E-state index in [2.05, 4.69) is 4.98 Å². The highest BCUT2D eigenvalue weighted by molar-refractivity contribution is 7.15. The number of aromatic nitrogens is 2. The minimum atomic E-state index is -4.59. The number of carbonyl (C=O) groups excluding carboxylic acids is 1. The molecule has 1 saturated carbocycles. The molecule has 0 radical (unpaired) electrons. The Morgan fingerprint density at radius 1 is 1.07 bits per heavy atom. The van der Waals surface area contributed by atoms with Crippen LogP contribution in [0.25, 0.3) is 21.3 Å². The van der Waals surface area contributed by atoms with Crippen LogP contribution in [0.1, 0.15) is 48.5 Å². The molecule has 0 unspecified atom stereocenters. The highest BCUT2D eigenvalue weighted by atomic mass is 32.1. The molecule has 3 aromatic heterocycles. The predicted octanol–water partition coefficient (Wildman–Crippen LogP) is 6.78. The Bertz CT molecular complexity index is 1690. The standard InChI is InChI=1S/C30H28F5N3O3S2/c31-29(32)7-6-20(21(13-29)19-12-23(42-14-19)30(33,34)35)26(39)37-10-8-28(41,9-11-37)16-38-17-36-24-22(27(38)40)15-43-25(24)18-4-2-1-3-5-18/h1-5,12,14-15,17,20-21,41H,6-11,13,16H2/t20-,21+/m1/s1. The third kappa shape index (κ3) is 5.99. The number of benzene rings is 1. The van der Waals surface area contributed by atoms with Gasteiger partial charge in [0.15, 0.2) is 0 Å². The van der Waals surface area contributed by atoms with Gasteiger partial charge in [0, 0.05) is 43.1 Å². The number of halogens is 5. The maximum atomic E-state index is 14.4. The first-order valence-corrected chi connectivity index (χ1v) is 15.7. The maximum absolute atomic E-state index is 14.4. The predicted molar refractivity (Wildman–Crippen MR) is 154 cm³/mol. The number of likely N-dealkylation sites (tertiary alicyclic amines) is 1. The van der Waals surface area contributed by atoms with E-state index in [9.17, 15) is 36.6 Å². The highest BCUT2D eigenvalue weighted by Crippen LogP contribution is 2.48. The first-order chi connectivity index (χ1) is 20.3. The van der Waals surface area contributed by atoms with E-state index in [1.165, 1.54) is 32.5 Å². The second-order valence-electron chi connectivity index (χ2n) is 11.5. The second kappa shape index (κ2) is 11.1. The molecule has 2 atom stereocenters. The van der Waals surface area contributed by atoms with Crippen molar-refractivity contribution in [2.24, 2.45) is 5.92 Å². The van der Waals surface area contributed by atoms with Gasteiger partial charge >= 0.3 is 6.18 Å². The Morgan fingerprint density at radius 2 is 1.79 bits per heavy atom. The van der Waals surface area contributed by atoms with Crippen molar-refractivity contribution in [3.05, 3.63) is 74.3 Å². The Morgan fingerprint density at radius 3 is 2.47 bits per heavy atom. The van der Waals surface area contributed by atoms with Crippen molar-refractivity contribution in [2.75, 3.05) is 13.1 Å². The molecule has 6 rings (SSSR count). The molecule has 2 aliphatic rings. The number of piperidine rings is 1. The zero-order valence-corrected chi connectivity index (χ0v) is 24.5. The Kier molecular flexibility index (Phi) is 7.70. The first-order valence-electron chi connectivity index (χ1n) is 13.9. The maximum Gasteiger partial charge on any atom is 0.425 e. The van der Waals surface area contributed by atoms with Crippen molar-refractivity contribution in [1.29, 1.82) is 0 Å². The molecule has 1 aliphatic heterocycles. The highest BCUT2D eigenvalue weighted by Gasteiger charge is 2.47. The number of amides is 1. The summed E-state index contributed by atoms with van der Waals surface area (Å²) in [5.41, 5.74) is 0.0596. The van der Waals surface area contributed by atoms with Gasteiger partial charge in [-0.2, -0.15) is 13.2 Å². The zero-order chi connectivity index (χ0) is 30.6. The van der Waals surface area contributed by atoms with Crippen LogP contribution in [0.15, 0.2) is 58.3 Å². The third-order valence-electron chi connectivity index (χ3n) is 8.56. The van der Waals surface area contributed by atoms with Crippen molar-refractivity contribution in [3.8, 4) is 10.4 Å².